The summed E-state index contributed by atoms with van der Waals surface area (Å²) in [5, 5.41) is 10.6. The highest BCUT2D eigenvalue weighted by atomic mass is 32.2. The van der Waals surface area contributed by atoms with Gasteiger partial charge in [0.2, 0.25) is 15.0 Å². The molecule has 4 rings (SSSR count). The molecule has 156 valence electrons. The van der Waals surface area contributed by atoms with Gasteiger partial charge in [0, 0.05) is 6.54 Å². The first-order chi connectivity index (χ1) is 14.4. The number of hydrogen-bond donors (Lipinski definition) is 1. The predicted octanol–water partition coefficient (Wildman–Crippen LogP) is 3.59. The maximum absolute atomic E-state index is 13.7. The fraction of sp³-hybridized carbons (Fsp3) is 0.211. The Labute approximate surface area is 175 Å². The average Bonchev–Trinajstić information content (AvgIpc) is 3.39. The van der Waals surface area contributed by atoms with Crippen LogP contribution < -0.4 is 5.32 Å². The van der Waals surface area contributed by atoms with Crippen LogP contribution >= 0.6 is 11.3 Å². The third kappa shape index (κ3) is 3.95. The molecule has 1 aliphatic heterocycles. The van der Waals surface area contributed by atoms with Crippen LogP contribution in [0.15, 0.2) is 53.4 Å². The molecule has 1 aromatic heterocycles. The van der Waals surface area contributed by atoms with Crippen LogP contribution in [0.25, 0.3) is 0 Å². The van der Waals surface area contributed by atoms with Crippen molar-refractivity contribution >= 4 is 33.0 Å². The second-order valence-electron chi connectivity index (χ2n) is 6.61. The van der Waals surface area contributed by atoms with Crippen molar-refractivity contribution in [3.05, 3.63) is 70.2 Å². The summed E-state index contributed by atoms with van der Waals surface area (Å²) in [6.45, 7) is 0.250. The molecule has 3 aromatic rings. The molecule has 7 nitrogen and oxygen atoms in total. The molecule has 1 aliphatic rings. The van der Waals surface area contributed by atoms with Crippen LogP contribution in [-0.4, -0.2) is 35.4 Å². The zero-order valence-electron chi connectivity index (χ0n) is 15.5. The first kappa shape index (κ1) is 20.5. The zero-order valence-corrected chi connectivity index (χ0v) is 17.1. The number of amides is 1. The number of nitrogens with one attached hydrogen (secondary N) is 1. The third-order valence-corrected chi connectivity index (χ3v) is 7.58. The van der Waals surface area contributed by atoms with Gasteiger partial charge in [-0.3, -0.25) is 4.79 Å². The summed E-state index contributed by atoms with van der Waals surface area (Å²) in [6, 6.07) is 9.92. The fourth-order valence-electron chi connectivity index (χ4n) is 3.24. The van der Waals surface area contributed by atoms with E-state index < -0.39 is 33.6 Å². The molecule has 0 radical (unpaired) electrons. The highest BCUT2D eigenvalue weighted by molar-refractivity contribution is 7.89. The molecule has 1 N–H and O–H groups in total. The number of aromatic nitrogens is 2. The Morgan fingerprint density at radius 2 is 1.93 bits per heavy atom. The van der Waals surface area contributed by atoms with Crippen molar-refractivity contribution in [1.29, 1.82) is 0 Å². The second-order valence-corrected chi connectivity index (χ2v) is 9.51. The van der Waals surface area contributed by atoms with Crippen molar-refractivity contribution in [2.75, 3.05) is 11.9 Å². The lowest BCUT2D eigenvalue weighted by molar-refractivity contribution is 0.102. The minimum absolute atomic E-state index is 0.00965. The van der Waals surface area contributed by atoms with Crippen molar-refractivity contribution in [3.8, 4) is 0 Å². The van der Waals surface area contributed by atoms with Gasteiger partial charge >= 0.3 is 0 Å². The number of sulfonamides is 1. The summed E-state index contributed by atoms with van der Waals surface area (Å²) >= 11 is 0.945. The predicted molar refractivity (Wildman–Crippen MR) is 107 cm³/mol. The SMILES string of the molecule is O=C(Nc1ccccc1F)c1nnc([C@@H]2CCCN2S(=O)(=O)c2cccc(F)c2)s1. The van der Waals surface area contributed by atoms with E-state index in [-0.39, 0.29) is 22.1 Å². The Hall–Kier alpha value is -2.76. The molecule has 1 atom stereocenters. The number of carbonyl (C=O) groups is 1. The van der Waals surface area contributed by atoms with Gasteiger partial charge in [-0.05, 0) is 43.2 Å². The van der Waals surface area contributed by atoms with E-state index in [2.05, 4.69) is 15.5 Å². The van der Waals surface area contributed by atoms with Crippen LogP contribution in [0, 0.1) is 11.6 Å². The standard InChI is InChI=1S/C19H16F2N4O3S2/c20-12-5-3-6-13(11-12)30(27,28)25-10-4-9-16(25)18-23-24-19(29-18)17(26)22-15-8-2-1-7-14(15)21/h1-3,5-8,11,16H,4,9-10H2,(H,22,26)/t16-/m0/s1. The fourth-order valence-corrected chi connectivity index (χ4v) is 5.88. The molecular formula is C19H16F2N4O3S2. The number of nitrogens with zero attached hydrogens (tertiary/aromatic N) is 3. The van der Waals surface area contributed by atoms with Gasteiger partial charge in [-0.25, -0.2) is 17.2 Å². The topological polar surface area (TPSA) is 92.3 Å². The second kappa shape index (κ2) is 8.17. The van der Waals surface area contributed by atoms with E-state index in [0.717, 1.165) is 17.4 Å². The minimum atomic E-state index is -3.94. The molecule has 1 amide bonds. The van der Waals surface area contributed by atoms with Crippen molar-refractivity contribution in [2.45, 2.75) is 23.8 Å². The highest BCUT2D eigenvalue weighted by Gasteiger charge is 2.38. The Balaban J connectivity index is 1.56. The molecule has 1 saturated heterocycles. The molecule has 0 aliphatic carbocycles. The van der Waals surface area contributed by atoms with Crippen LogP contribution in [-0.2, 0) is 10.0 Å². The summed E-state index contributed by atoms with van der Waals surface area (Å²) in [5.74, 6) is -1.87. The monoisotopic (exact) mass is 450 g/mol. The van der Waals surface area contributed by atoms with Crippen molar-refractivity contribution < 1.29 is 22.0 Å². The van der Waals surface area contributed by atoms with Crippen molar-refractivity contribution in [1.82, 2.24) is 14.5 Å². The lowest BCUT2D eigenvalue weighted by atomic mass is 10.2. The number of anilines is 1. The van der Waals surface area contributed by atoms with Crippen LogP contribution in [0.4, 0.5) is 14.5 Å². The maximum atomic E-state index is 13.7. The minimum Gasteiger partial charge on any atom is -0.317 e. The molecule has 2 heterocycles. The van der Waals surface area contributed by atoms with E-state index in [4.69, 9.17) is 0 Å². The third-order valence-electron chi connectivity index (χ3n) is 4.65. The molecular weight excluding hydrogens is 434 g/mol. The number of benzene rings is 2. The zero-order chi connectivity index (χ0) is 21.3. The first-order valence-corrected chi connectivity index (χ1v) is 11.3. The van der Waals surface area contributed by atoms with E-state index in [1.807, 2.05) is 0 Å². The lowest BCUT2D eigenvalue weighted by Gasteiger charge is -2.22. The summed E-state index contributed by atoms with van der Waals surface area (Å²) in [6.07, 6.45) is 1.09. The average molecular weight is 450 g/mol. The van der Waals surface area contributed by atoms with Gasteiger partial charge in [0.05, 0.1) is 16.6 Å². The Kier molecular flexibility index (Phi) is 5.58. The number of halogens is 2. The molecule has 0 unspecified atom stereocenters. The summed E-state index contributed by atoms with van der Waals surface area (Å²) in [4.78, 5) is 12.2. The molecule has 11 heteroatoms. The normalized spacial score (nSPS) is 17.2. The lowest BCUT2D eigenvalue weighted by Crippen LogP contribution is -2.30. The Morgan fingerprint density at radius 1 is 1.13 bits per heavy atom. The van der Waals surface area contributed by atoms with E-state index in [1.54, 1.807) is 6.07 Å². The smallest absolute Gasteiger partial charge is 0.286 e. The van der Waals surface area contributed by atoms with Crippen LogP contribution in [0.2, 0.25) is 0 Å². The van der Waals surface area contributed by atoms with E-state index in [1.165, 1.54) is 40.7 Å². The van der Waals surface area contributed by atoms with Crippen molar-refractivity contribution in [3.63, 3.8) is 0 Å². The molecule has 2 aromatic carbocycles. The maximum Gasteiger partial charge on any atom is 0.286 e. The van der Waals surface area contributed by atoms with Crippen molar-refractivity contribution in [2.24, 2.45) is 0 Å². The van der Waals surface area contributed by atoms with Gasteiger partial charge in [0.1, 0.15) is 16.6 Å². The molecule has 30 heavy (non-hydrogen) atoms. The van der Waals surface area contributed by atoms with Gasteiger partial charge in [-0.2, -0.15) is 4.31 Å². The van der Waals surface area contributed by atoms with Gasteiger partial charge in [-0.1, -0.05) is 29.5 Å². The van der Waals surface area contributed by atoms with Gasteiger partial charge in [0.25, 0.3) is 5.91 Å². The molecule has 0 bridgehead atoms. The molecule has 0 spiro atoms. The largest absolute Gasteiger partial charge is 0.317 e. The quantitative estimate of drug-likeness (QED) is 0.641. The first-order valence-electron chi connectivity index (χ1n) is 9.03. The van der Waals surface area contributed by atoms with E-state index >= 15 is 0 Å². The Morgan fingerprint density at radius 3 is 2.70 bits per heavy atom. The van der Waals surface area contributed by atoms with Gasteiger partial charge in [0.15, 0.2) is 0 Å². The number of rotatable bonds is 5. The van der Waals surface area contributed by atoms with E-state index in [0.29, 0.717) is 17.8 Å². The summed E-state index contributed by atoms with van der Waals surface area (Å²) in [5.41, 5.74) is 0.00965. The summed E-state index contributed by atoms with van der Waals surface area (Å²) in [7, 11) is -3.94. The number of para-hydroxylation sites is 1. The molecule has 1 fully saturated rings. The highest BCUT2D eigenvalue weighted by Crippen LogP contribution is 2.37. The van der Waals surface area contributed by atoms with Crippen LogP contribution in [0.5, 0.6) is 0 Å². The van der Waals surface area contributed by atoms with Crippen LogP contribution in [0.3, 0.4) is 0 Å². The summed E-state index contributed by atoms with van der Waals surface area (Å²) < 4.78 is 54.5. The number of carbonyl (C=O) groups excluding carboxylic acids is 1. The number of hydrogen-bond acceptors (Lipinski definition) is 6. The van der Waals surface area contributed by atoms with Gasteiger partial charge < -0.3 is 5.32 Å². The Bertz CT molecular complexity index is 1200. The van der Waals surface area contributed by atoms with Gasteiger partial charge in [-0.15, -0.1) is 10.2 Å². The van der Waals surface area contributed by atoms with E-state index in [9.17, 15) is 22.0 Å². The van der Waals surface area contributed by atoms with Crippen LogP contribution in [0.1, 0.15) is 33.7 Å². The molecule has 0 saturated carbocycles.